The Hall–Kier alpha value is -2.96. The van der Waals surface area contributed by atoms with E-state index in [1.807, 2.05) is 32.0 Å². The number of nitrogens with one attached hydrogen (secondary N) is 2. The summed E-state index contributed by atoms with van der Waals surface area (Å²) in [5.74, 6) is -0.128. The number of carbonyl (C=O) groups is 2. The van der Waals surface area contributed by atoms with Crippen molar-refractivity contribution in [3.63, 3.8) is 0 Å². The molecule has 1 aromatic heterocycles. The van der Waals surface area contributed by atoms with Gasteiger partial charge in [-0.3, -0.25) is 9.59 Å². The number of benzene rings is 1. The van der Waals surface area contributed by atoms with Crippen LogP contribution in [0.5, 0.6) is 0 Å². The normalized spacial score (nSPS) is 14.7. The zero-order chi connectivity index (χ0) is 19.2. The van der Waals surface area contributed by atoms with E-state index in [0.717, 1.165) is 43.0 Å². The second-order valence-electron chi connectivity index (χ2n) is 6.96. The fourth-order valence-electron chi connectivity index (χ4n) is 3.24. The van der Waals surface area contributed by atoms with Gasteiger partial charge in [-0.25, -0.2) is 9.97 Å². The molecular weight excluding hydrogens is 342 g/mol. The molecule has 1 aliphatic rings. The predicted octanol–water partition coefficient (Wildman–Crippen LogP) is 2.06. The van der Waals surface area contributed by atoms with Crippen LogP contribution in [0.25, 0.3) is 0 Å². The van der Waals surface area contributed by atoms with E-state index in [-0.39, 0.29) is 0 Å². The highest BCUT2D eigenvalue weighted by Gasteiger charge is 2.22. The van der Waals surface area contributed by atoms with Crippen LogP contribution < -0.4 is 15.5 Å². The Labute approximate surface area is 159 Å². The molecule has 0 bridgehead atoms. The highest BCUT2D eigenvalue weighted by molar-refractivity contribution is 6.39. The Morgan fingerprint density at radius 3 is 2.48 bits per heavy atom. The van der Waals surface area contributed by atoms with E-state index < -0.39 is 11.8 Å². The lowest BCUT2D eigenvalue weighted by atomic mass is 9.97. The van der Waals surface area contributed by atoms with E-state index in [2.05, 4.69) is 25.5 Å². The minimum atomic E-state index is -0.628. The van der Waals surface area contributed by atoms with E-state index >= 15 is 0 Å². The molecule has 0 radical (unpaired) electrons. The number of aryl methyl sites for hydroxylation is 2. The van der Waals surface area contributed by atoms with E-state index in [1.165, 1.54) is 0 Å². The van der Waals surface area contributed by atoms with Gasteiger partial charge in [-0.1, -0.05) is 17.7 Å². The Kier molecular flexibility index (Phi) is 6.01. The Morgan fingerprint density at radius 2 is 1.81 bits per heavy atom. The van der Waals surface area contributed by atoms with Crippen molar-refractivity contribution in [1.29, 1.82) is 0 Å². The highest BCUT2D eigenvalue weighted by atomic mass is 16.2. The molecule has 7 nitrogen and oxygen atoms in total. The minimum Gasteiger partial charge on any atom is -0.348 e. The third kappa shape index (κ3) is 5.03. The lowest BCUT2D eigenvalue weighted by molar-refractivity contribution is -0.136. The van der Waals surface area contributed by atoms with Gasteiger partial charge >= 0.3 is 11.8 Å². The van der Waals surface area contributed by atoms with Crippen LogP contribution in [0.4, 0.5) is 11.6 Å². The summed E-state index contributed by atoms with van der Waals surface area (Å²) in [6.07, 6.45) is 5.33. The molecule has 27 heavy (non-hydrogen) atoms. The van der Waals surface area contributed by atoms with Gasteiger partial charge in [0.05, 0.1) is 0 Å². The monoisotopic (exact) mass is 367 g/mol. The van der Waals surface area contributed by atoms with E-state index in [0.29, 0.717) is 18.2 Å². The first-order valence-electron chi connectivity index (χ1n) is 9.21. The summed E-state index contributed by atoms with van der Waals surface area (Å²) in [5, 5.41) is 5.43. The first kappa shape index (κ1) is 18.8. The molecule has 2 heterocycles. The molecule has 1 saturated heterocycles. The van der Waals surface area contributed by atoms with Crippen molar-refractivity contribution in [2.75, 3.05) is 29.9 Å². The molecule has 0 unspecified atom stereocenters. The molecule has 1 aromatic carbocycles. The van der Waals surface area contributed by atoms with E-state index in [9.17, 15) is 9.59 Å². The summed E-state index contributed by atoms with van der Waals surface area (Å²) < 4.78 is 0. The van der Waals surface area contributed by atoms with Crippen molar-refractivity contribution < 1.29 is 9.59 Å². The molecule has 142 valence electrons. The van der Waals surface area contributed by atoms with Crippen LogP contribution in [0.1, 0.15) is 24.0 Å². The number of rotatable bonds is 4. The predicted molar refractivity (Wildman–Crippen MR) is 105 cm³/mol. The van der Waals surface area contributed by atoms with Crippen LogP contribution >= 0.6 is 0 Å². The van der Waals surface area contributed by atoms with Gasteiger partial charge in [0.2, 0.25) is 5.95 Å². The van der Waals surface area contributed by atoms with Gasteiger partial charge < -0.3 is 15.5 Å². The SMILES string of the molecule is Cc1ccc(NC(=O)C(=O)NCC2CCN(c3ncccn3)CC2)c(C)c1. The van der Waals surface area contributed by atoms with Crippen LogP contribution in [0.15, 0.2) is 36.7 Å². The maximum atomic E-state index is 12.1. The molecule has 2 amide bonds. The number of nitrogens with zero attached hydrogens (tertiary/aromatic N) is 3. The van der Waals surface area contributed by atoms with Gasteiger partial charge in [0.15, 0.2) is 0 Å². The van der Waals surface area contributed by atoms with Crippen LogP contribution in [0, 0.1) is 19.8 Å². The molecule has 0 atom stereocenters. The first-order chi connectivity index (χ1) is 13.0. The second-order valence-corrected chi connectivity index (χ2v) is 6.96. The van der Waals surface area contributed by atoms with E-state index in [1.54, 1.807) is 18.5 Å². The quantitative estimate of drug-likeness (QED) is 0.808. The van der Waals surface area contributed by atoms with Crippen LogP contribution in [-0.2, 0) is 9.59 Å². The second kappa shape index (κ2) is 8.62. The fraction of sp³-hybridized carbons (Fsp3) is 0.400. The fourth-order valence-corrected chi connectivity index (χ4v) is 3.24. The smallest absolute Gasteiger partial charge is 0.313 e. The average Bonchev–Trinajstić information content (AvgIpc) is 2.69. The molecule has 3 rings (SSSR count). The number of anilines is 2. The van der Waals surface area contributed by atoms with Crippen LogP contribution in [0.2, 0.25) is 0 Å². The summed E-state index contributed by atoms with van der Waals surface area (Å²) in [5.41, 5.74) is 2.71. The van der Waals surface area contributed by atoms with Crippen molar-refractivity contribution in [1.82, 2.24) is 15.3 Å². The van der Waals surface area contributed by atoms with Crippen LogP contribution in [-0.4, -0.2) is 41.4 Å². The Bertz CT molecular complexity index is 801. The number of hydrogen-bond acceptors (Lipinski definition) is 5. The molecular formula is C20H25N5O2. The van der Waals surface area contributed by atoms with Crippen molar-refractivity contribution in [2.45, 2.75) is 26.7 Å². The molecule has 2 aromatic rings. The Balaban J connectivity index is 1.43. The summed E-state index contributed by atoms with van der Waals surface area (Å²) in [4.78, 5) is 34.9. The minimum absolute atomic E-state index is 0.350. The summed E-state index contributed by atoms with van der Waals surface area (Å²) >= 11 is 0. The van der Waals surface area contributed by atoms with Gasteiger partial charge in [-0.05, 0) is 50.3 Å². The van der Waals surface area contributed by atoms with Crippen molar-refractivity contribution >= 4 is 23.5 Å². The van der Waals surface area contributed by atoms with Crippen LogP contribution in [0.3, 0.4) is 0 Å². The maximum absolute atomic E-state index is 12.1. The highest BCUT2D eigenvalue weighted by Crippen LogP contribution is 2.20. The van der Waals surface area contributed by atoms with Gasteiger partial charge in [0.1, 0.15) is 0 Å². The van der Waals surface area contributed by atoms with Gasteiger partial charge in [-0.2, -0.15) is 0 Å². The number of hydrogen-bond donors (Lipinski definition) is 2. The Morgan fingerprint density at radius 1 is 1.11 bits per heavy atom. The molecule has 2 N–H and O–H groups in total. The van der Waals surface area contributed by atoms with E-state index in [4.69, 9.17) is 0 Å². The summed E-state index contributed by atoms with van der Waals surface area (Å²) in [7, 11) is 0. The summed E-state index contributed by atoms with van der Waals surface area (Å²) in [6.45, 7) is 6.09. The molecule has 1 fully saturated rings. The van der Waals surface area contributed by atoms with Gasteiger partial charge in [-0.15, -0.1) is 0 Å². The topological polar surface area (TPSA) is 87.2 Å². The van der Waals surface area contributed by atoms with Crippen molar-refractivity contribution in [3.8, 4) is 0 Å². The number of aromatic nitrogens is 2. The van der Waals surface area contributed by atoms with Crippen molar-refractivity contribution in [2.24, 2.45) is 5.92 Å². The number of carbonyl (C=O) groups excluding carboxylic acids is 2. The van der Waals surface area contributed by atoms with Gasteiger partial charge in [0, 0.05) is 37.7 Å². The first-order valence-corrected chi connectivity index (χ1v) is 9.21. The third-order valence-corrected chi connectivity index (χ3v) is 4.84. The average molecular weight is 367 g/mol. The zero-order valence-corrected chi connectivity index (χ0v) is 15.7. The largest absolute Gasteiger partial charge is 0.348 e. The van der Waals surface area contributed by atoms with Crippen molar-refractivity contribution in [3.05, 3.63) is 47.8 Å². The lowest BCUT2D eigenvalue weighted by Gasteiger charge is -2.31. The zero-order valence-electron chi connectivity index (χ0n) is 15.7. The number of amides is 2. The van der Waals surface area contributed by atoms with Gasteiger partial charge in [0.25, 0.3) is 0 Å². The summed E-state index contributed by atoms with van der Waals surface area (Å²) in [6, 6.07) is 7.49. The molecule has 0 aliphatic carbocycles. The lowest BCUT2D eigenvalue weighted by Crippen LogP contribution is -2.42. The molecule has 0 saturated carbocycles. The molecule has 0 spiro atoms. The third-order valence-electron chi connectivity index (χ3n) is 4.84. The number of piperidine rings is 1. The molecule has 7 heteroatoms. The molecule has 1 aliphatic heterocycles. The maximum Gasteiger partial charge on any atom is 0.313 e. The standard InChI is InChI=1S/C20H25N5O2/c1-14-4-5-17(15(2)12-14)24-19(27)18(26)23-13-16-6-10-25(11-7-16)20-21-8-3-9-22-20/h3-5,8-9,12,16H,6-7,10-11,13H2,1-2H3,(H,23,26)(H,24,27).